The maximum Gasteiger partial charge on any atom is 0.410 e. The van der Waals surface area contributed by atoms with Gasteiger partial charge in [0.15, 0.2) is 5.16 Å². The summed E-state index contributed by atoms with van der Waals surface area (Å²) in [4.78, 5) is 39.0. The molecule has 184 valence electrons. The fourth-order valence-corrected chi connectivity index (χ4v) is 5.03. The zero-order valence-electron chi connectivity index (χ0n) is 19.8. The Morgan fingerprint density at radius 1 is 1.26 bits per heavy atom. The highest BCUT2D eigenvalue weighted by Gasteiger charge is 2.38. The van der Waals surface area contributed by atoms with E-state index in [-0.39, 0.29) is 31.7 Å². The molecule has 1 fully saturated rings. The Morgan fingerprint density at radius 2 is 2.03 bits per heavy atom. The van der Waals surface area contributed by atoms with Crippen molar-refractivity contribution >= 4 is 29.8 Å². The van der Waals surface area contributed by atoms with Crippen LogP contribution in [0.15, 0.2) is 35.5 Å². The highest BCUT2D eigenvalue weighted by atomic mass is 32.2. The minimum Gasteiger partial charge on any atom is -0.465 e. The summed E-state index contributed by atoms with van der Waals surface area (Å²) >= 11 is 1.40. The number of piperazine rings is 1. The Balaban J connectivity index is 1.56. The van der Waals surface area contributed by atoms with Gasteiger partial charge in [0.25, 0.3) is 0 Å². The number of carbonyl (C=O) groups excluding carboxylic acids is 1. The van der Waals surface area contributed by atoms with Crippen LogP contribution in [-0.4, -0.2) is 75.0 Å². The molecule has 0 unspecified atom stereocenters. The predicted octanol–water partition coefficient (Wildman–Crippen LogP) is 3.36. The second kappa shape index (κ2) is 10.8. The lowest BCUT2D eigenvalue weighted by Crippen LogP contribution is -2.60. The van der Waals surface area contributed by atoms with Gasteiger partial charge in [-0.05, 0) is 25.2 Å². The van der Waals surface area contributed by atoms with Crippen LogP contribution >= 0.6 is 11.8 Å². The van der Waals surface area contributed by atoms with Gasteiger partial charge in [0, 0.05) is 25.2 Å². The molecule has 1 saturated heterocycles. The van der Waals surface area contributed by atoms with Gasteiger partial charge < -0.3 is 19.6 Å². The van der Waals surface area contributed by atoms with Gasteiger partial charge in [-0.1, -0.05) is 42.1 Å². The van der Waals surface area contributed by atoms with Crippen LogP contribution < -0.4 is 4.90 Å². The van der Waals surface area contributed by atoms with Crippen molar-refractivity contribution in [1.82, 2.24) is 19.8 Å². The normalized spacial score (nSPS) is 19.6. The minimum atomic E-state index is -0.966. The molecule has 0 aliphatic carbocycles. The van der Waals surface area contributed by atoms with E-state index in [2.05, 4.69) is 16.0 Å². The summed E-state index contributed by atoms with van der Waals surface area (Å²) < 4.78 is 5.59. The van der Waals surface area contributed by atoms with E-state index in [4.69, 9.17) is 9.72 Å². The van der Waals surface area contributed by atoms with Crippen molar-refractivity contribution in [3.63, 3.8) is 0 Å². The maximum atomic E-state index is 13.0. The molecule has 1 aromatic carbocycles. The summed E-state index contributed by atoms with van der Waals surface area (Å²) in [5, 5.41) is 19.5. The van der Waals surface area contributed by atoms with E-state index in [0.717, 1.165) is 16.9 Å². The number of carboxylic acid groups (broad SMARTS) is 1. The van der Waals surface area contributed by atoms with Gasteiger partial charge >= 0.3 is 12.2 Å². The molecule has 2 aliphatic heterocycles. The van der Waals surface area contributed by atoms with Gasteiger partial charge in [0.1, 0.15) is 12.4 Å². The first kappa shape index (κ1) is 24.6. The molecule has 1 N–H and O–H groups in total. The topological polar surface area (TPSA) is 123 Å². The molecule has 2 amide bonds. The zero-order chi connectivity index (χ0) is 24.9. The highest BCUT2D eigenvalue weighted by molar-refractivity contribution is 7.98. The number of amides is 2. The number of ether oxygens (including phenoxy) is 1. The van der Waals surface area contributed by atoms with Crippen molar-refractivity contribution in [2.75, 3.05) is 30.8 Å². The SMILES string of the molecule is CSc1nc2c(c(N3C[C@H](CC#N)N(C(=O)OCc4ccccc4)[C@@H](C)C3)n1)CCN(C(=O)O)C2. The second-order valence-electron chi connectivity index (χ2n) is 8.63. The van der Waals surface area contributed by atoms with Crippen molar-refractivity contribution in [2.24, 2.45) is 0 Å². The van der Waals surface area contributed by atoms with Gasteiger partial charge in [-0.3, -0.25) is 4.90 Å². The number of hydrogen-bond acceptors (Lipinski definition) is 8. The molecule has 0 spiro atoms. The number of benzene rings is 1. The lowest BCUT2D eigenvalue weighted by Gasteiger charge is -2.45. The number of rotatable bonds is 5. The smallest absolute Gasteiger partial charge is 0.410 e. The molecule has 0 bridgehead atoms. The first-order valence-corrected chi connectivity index (χ1v) is 12.7. The molecule has 2 aliphatic rings. The fourth-order valence-electron chi connectivity index (χ4n) is 4.65. The number of aromatic nitrogens is 2. The third kappa shape index (κ3) is 5.43. The molecule has 1 aromatic heterocycles. The molecule has 2 atom stereocenters. The molecule has 3 heterocycles. The Hall–Kier alpha value is -3.52. The van der Waals surface area contributed by atoms with Crippen molar-refractivity contribution in [2.45, 2.75) is 50.2 Å². The van der Waals surface area contributed by atoms with E-state index in [1.54, 1.807) is 4.90 Å². The summed E-state index contributed by atoms with van der Waals surface area (Å²) in [5.74, 6) is 0.761. The molecule has 0 saturated carbocycles. The quantitative estimate of drug-likeness (QED) is 0.490. The Labute approximate surface area is 208 Å². The van der Waals surface area contributed by atoms with E-state index >= 15 is 0 Å². The van der Waals surface area contributed by atoms with Crippen molar-refractivity contribution in [1.29, 1.82) is 5.26 Å². The fraction of sp³-hybridized carbons (Fsp3) is 0.458. The van der Waals surface area contributed by atoms with Crippen LogP contribution in [-0.2, 0) is 24.3 Å². The number of nitrogens with zero attached hydrogens (tertiary/aromatic N) is 6. The molecule has 4 rings (SSSR count). The molecule has 2 aromatic rings. The van der Waals surface area contributed by atoms with Crippen LogP contribution in [0.4, 0.5) is 15.4 Å². The second-order valence-corrected chi connectivity index (χ2v) is 9.40. The summed E-state index contributed by atoms with van der Waals surface area (Å²) in [6, 6.07) is 11.1. The number of hydrogen-bond donors (Lipinski definition) is 1. The van der Waals surface area contributed by atoms with Crippen LogP contribution in [0.25, 0.3) is 0 Å². The zero-order valence-corrected chi connectivity index (χ0v) is 20.6. The number of anilines is 1. The lowest BCUT2D eigenvalue weighted by molar-refractivity contribution is 0.0581. The largest absolute Gasteiger partial charge is 0.465 e. The average Bonchev–Trinajstić information content (AvgIpc) is 2.86. The number of thioether (sulfide) groups is 1. The predicted molar refractivity (Wildman–Crippen MR) is 130 cm³/mol. The van der Waals surface area contributed by atoms with E-state index in [1.165, 1.54) is 16.7 Å². The van der Waals surface area contributed by atoms with Crippen LogP contribution in [0.3, 0.4) is 0 Å². The van der Waals surface area contributed by atoms with Crippen molar-refractivity contribution in [3.05, 3.63) is 47.2 Å². The van der Waals surface area contributed by atoms with E-state index in [1.807, 2.05) is 43.5 Å². The van der Waals surface area contributed by atoms with Gasteiger partial charge in [-0.25, -0.2) is 19.6 Å². The molecular weight excluding hydrogens is 468 g/mol. The Morgan fingerprint density at radius 3 is 2.71 bits per heavy atom. The summed E-state index contributed by atoms with van der Waals surface area (Å²) in [7, 11) is 0. The van der Waals surface area contributed by atoms with E-state index in [0.29, 0.717) is 36.9 Å². The van der Waals surface area contributed by atoms with E-state index in [9.17, 15) is 20.0 Å². The van der Waals surface area contributed by atoms with Crippen LogP contribution in [0, 0.1) is 11.3 Å². The number of nitriles is 1. The molecule has 35 heavy (non-hydrogen) atoms. The average molecular weight is 497 g/mol. The monoisotopic (exact) mass is 496 g/mol. The molecule has 10 nitrogen and oxygen atoms in total. The lowest BCUT2D eigenvalue weighted by atomic mass is 10.0. The first-order chi connectivity index (χ1) is 16.9. The Bertz CT molecular complexity index is 1120. The number of fused-ring (bicyclic) bond motifs is 1. The maximum absolute atomic E-state index is 13.0. The molecule has 11 heteroatoms. The van der Waals surface area contributed by atoms with Gasteiger partial charge in [0.2, 0.25) is 0 Å². The summed E-state index contributed by atoms with van der Waals surface area (Å²) in [6.07, 6.45) is 1.16. The van der Waals surface area contributed by atoms with Crippen molar-refractivity contribution in [3.8, 4) is 6.07 Å². The standard InChI is InChI=1S/C24H28N6O4S/c1-16-12-29(21-19-9-11-28(23(31)32)14-20(19)26-22(27-21)35-2)13-18(8-10-25)30(16)24(33)34-15-17-6-4-3-5-7-17/h3-7,16,18H,8-9,11-15H2,1-2H3,(H,31,32)/t16-,18-/m0/s1. The van der Waals surface area contributed by atoms with Crippen LogP contribution in [0.1, 0.15) is 30.2 Å². The molecule has 0 radical (unpaired) electrons. The minimum absolute atomic E-state index is 0.163. The highest BCUT2D eigenvalue weighted by Crippen LogP contribution is 2.32. The van der Waals surface area contributed by atoms with Crippen LogP contribution in [0.2, 0.25) is 0 Å². The van der Waals surface area contributed by atoms with Gasteiger partial charge in [-0.15, -0.1) is 0 Å². The summed E-state index contributed by atoms with van der Waals surface area (Å²) in [5.41, 5.74) is 2.54. The number of carbonyl (C=O) groups is 2. The summed E-state index contributed by atoms with van der Waals surface area (Å²) in [6.45, 7) is 3.65. The third-order valence-electron chi connectivity index (χ3n) is 6.30. The molecular formula is C24H28N6O4S. The van der Waals surface area contributed by atoms with E-state index < -0.39 is 12.2 Å². The van der Waals surface area contributed by atoms with Crippen LogP contribution in [0.5, 0.6) is 0 Å². The van der Waals surface area contributed by atoms with Gasteiger partial charge in [0.05, 0.1) is 36.8 Å². The van der Waals surface area contributed by atoms with Gasteiger partial charge in [-0.2, -0.15) is 5.26 Å². The first-order valence-electron chi connectivity index (χ1n) is 11.4. The third-order valence-corrected chi connectivity index (χ3v) is 6.85. The Kier molecular flexibility index (Phi) is 7.60. The van der Waals surface area contributed by atoms with Crippen molar-refractivity contribution < 1.29 is 19.4 Å².